The van der Waals surface area contributed by atoms with E-state index in [1.165, 1.54) is 0 Å². The number of nitrogens with zero attached hydrogens (tertiary/aromatic N) is 1. The minimum Gasteiger partial charge on any atom is -0.497 e. The maximum Gasteiger partial charge on any atom is 0.170 e. The summed E-state index contributed by atoms with van der Waals surface area (Å²) in [7, 11) is 1.65. The highest BCUT2D eigenvalue weighted by molar-refractivity contribution is 5.62. The zero-order valence-corrected chi connectivity index (χ0v) is 9.07. The molecule has 0 atom stereocenters. The third kappa shape index (κ3) is 1.73. The molecule has 0 saturated heterocycles. The fraction of sp³-hybridized carbons (Fsp3) is 0.250. The third-order valence-corrected chi connectivity index (χ3v) is 2.51. The van der Waals surface area contributed by atoms with Gasteiger partial charge in [0.1, 0.15) is 5.75 Å². The van der Waals surface area contributed by atoms with Gasteiger partial charge in [-0.1, -0.05) is 5.16 Å². The van der Waals surface area contributed by atoms with Crippen molar-refractivity contribution in [2.75, 3.05) is 7.11 Å². The van der Waals surface area contributed by atoms with Crippen LogP contribution >= 0.6 is 0 Å². The summed E-state index contributed by atoms with van der Waals surface area (Å²) in [6.07, 6.45) is 0. The van der Waals surface area contributed by atoms with Crippen molar-refractivity contribution in [3.63, 3.8) is 0 Å². The molecule has 0 aliphatic rings. The molecule has 0 spiro atoms. The molecule has 15 heavy (non-hydrogen) atoms. The van der Waals surface area contributed by atoms with E-state index in [1.807, 2.05) is 38.1 Å². The summed E-state index contributed by atoms with van der Waals surface area (Å²) in [6.45, 7) is 3.94. The Morgan fingerprint density at radius 3 is 2.27 bits per heavy atom. The number of rotatable bonds is 2. The largest absolute Gasteiger partial charge is 0.497 e. The smallest absolute Gasteiger partial charge is 0.170 e. The highest BCUT2D eigenvalue weighted by atomic mass is 16.5. The molecule has 3 nitrogen and oxygen atoms in total. The highest BCUT2D eigenvalue weighted by Gasteiger charge is 2.10. The van der Waals surface area contributed by atoms with Gasteiger partial charge in [-0.3, -0.25) is 0 Å². The summed E-state index contributed by atoms with van der Waals surface area (Å²) in [4.78, 5) is 0. The van der Waals surface area contributed by atoms with Gasteiger partial charge >= 0.3 is 0 Å². The van der Waals surface area contributed by atoms with E-state index in [4.69, 9.17) is 9.26 Å². The normalized spacial score (nSPS) is 10.3. The van der Waals surface area contributed by atoms with E-state index in [9.17, 15) is 0 Å². The Balaban J connectivity index is 2.41. The summed E-state index contributed by atoms with van der Waals surface area (Å²) in [5.74, 6) is 1.67. The molecular formula is C12H13NO2. The van der Waals surface area contributed by atoms with Crippen molar-refractivity contribution in [1.29, 1.82) is 0 Å². The summed E-state index contributed by atoms with van der Waals surface area (Å²) in [5, 5.41) is 3.93. The number of aryl methyl sites for hydroxylation is 1. The van der Waals surface area contributed by atoms with Crippen molar-refractivity contribution in [1.82, 2.24) is 5.16 Å². The second-order valence-electron chi connectivity index (χ2n) is 3.45. The van der Waals surface area contributed by atoms with Crippen LogP contribution in [0, 0.1) is 13.8 Å². The number of ether oxygens (including phenoxy) is 1. The van der Waals surface area contributed by atoms with Crippen LogP contribution in [0.5, 0.6) is 5.75 Å². The number of methoxy groups -OCH3 is 1. The molecule has 1 heterocycles. The van der Waals surface area contributed by atoms with Crippen molar-refractivity contribution in [2.45, 2.75) is 13.8 Å². The Kier molecular flexibility index (Phi) is 2.46. The van der Waals surface area contributed by atoms with Gasteiger partial charge in [0.15, 0.2) is 5.76 Å². The highest BCUT2D eigenvalue weighted by Crippen LogP contribution is 2.26. The van der Waals surface area contributed by atoms with Crippen LogP contribution in [0.3, 0.4) is 0 Å². The average molecular weight is 203 g/mol. The molecule has 78 valence electrons. The van der Waals surface area contributed by atoms with Gasteiger partial charge in [-0.05, 0) is 38.1 Å². The van der Waals surface area contributed by atoms with E-state index in [-0.39, 0.29) is 0 Å². The van der Waals surface area contributed by atoms with Crippen molar-refractivity contribution in [3.8, 4) is 17.1 Å². The molecule has 0 fully saturated rings. The number of hydrogen-bond donors (Lipinski definition) is 0. The SMILES string of the molecule is COc1ccc(-c2onc(C)c2C)cc1. The molecule has 0 amide bonds. The van der Waals surface area contributed by atoms with Gasteiger partial charge in [-0.25, -0.2) is 0 Å². The first-order valence-electron chi connectivity index (χ1n) is 4.79. The molecule has 1 aromatic heterocycles. The van der Waals surface area contributed by atoms with E-state index in [1.54, 1.807) is 7.11 Å². The van der Waals surface area contributed by atoms with Crippen LogP contribution in [-0.4, -0.2) is 12.3 Å². The molecule has 1 aromatic carbocycles. The molecular weight excluding hydrogens is 190 g/mol. The quantitative estimate of drug-likeness (QED) is 0.752. The molecule has 0 N–H and O–H groups in total. The third-order valence-electron chi connectivity index (χ3n) is 2.51. The first-order chi connectivity index (χ1) is 7.22. The van der Waals surface area contributed by atoms with Crippen LogP contribution < -0.4 is 4.74 Å². The second kappa shape index (κ2) is 3.77. The fourth-order valence-corrected chi connectivity index (χ4v) is 1.43. The Morgan fingerprint density at radius 2 is 1.80 bits per heavy atom. The number of aromatic nitrogens is 1. The molecule has 0 aliphatic heterocycles. The standard InChI is InChI=1S/C12H13NO2/c1-8-9(2)13-15-12(8)10-4-6-11(14-3)7-5-10/h4-7H,1-3H3. The van der Waals surface area contributed by atoms with Gasteiger partial charge < -0.3 is 9.26 Å². The second-order valence-corrected chi connectivity index (χ2v) is 3.45. The van der Waals surface area contributed by atoms with Crippen LogP contribution in [0.1, 0.15) is 11.3 Å². The molecule has 2 rings (SSSR count). The number of hydrogen-bond acceptors (Lipinski definition) is 3. The lowest BCUT2D eigenvalue weighted by atomic mass is 10.1. The zero-order chi connectivity index (χ0) is 10.8. The van der Waals surface area contributed by atoms with E-state index in [0.717, 1.165) is 28.3 Å². The first kappa shape index (κ1) is 9.77. The first-order valence-corrected chi connectivity index (χ1v) is 4.79. The summed E-state index contributed by atoms with van der Waals surface area (Å²) in [5.41, 5.74) is 3.04. The monoisotopic (exact) mass is 203 g/mol. The predicted octanol–water partition coefficient (Wildman–Crippen LogP) is 2.97. The van der Waals surface area contributed by atoms with E-state index in [0.29, 0.717) is 0 Å². The van der Waals surface area contributed by atoms with Gasteiger partial charge in [-0.15, -0.1) is 0 Å². The van der Waals surface area contributed by atoms with Crippen LogP contribution in [0.15, 0.2) is 28.8 Å². The zero-order valence-electron chi connectivity index (χ0n) is 9.07. The van der Waals surface area contributed by atoms with Crippen LogP contribution in [0.2, 0.25) is 0 Å². The lowest BCUT2D eigenvalue weighted by molar-refractivity contribution is 0.414. The van der Waals surface area contributed by atoms with E-state index < -0.39 is 0 Å². The summed E-state index contributed by atoms with van der Waals surface area (Å²) < 4.78 is 10.4. The van der Waals surface area contributed by atoms with Gasteiger partial charge in [0, 0.05) is 11.1 Å². The lowest BCUT2D eigenvalue weighted by Crippen LogP contribution is -1.83. The van der Waals surface area contributed by atoms with Crippen molar-refractivity contribution >= 4 is 0 Å². The maximum atomic E-state index is 5.26. The van der Waals surface area contributed by atoms with E-state index >= 15 is 0 Å². The predicted molar refractivity (Wildman–Crippen MR) is 58.0 cm³/mol. The fourth-order valence-electron chi connectivity index (χ4n) is 1.43. The van der Waals surface area contributed by atoms with Crippen molar-refractivity contribution in [3.05, 3.63) is 35.5 Å². The Labute approximate surface area is 88.7 Å². The molecule has 0 aliphatic carbocycles. The molecule has 3 heteroatoms. The molecule has 0 radical (unpaired) electrons. The van der Waals surface area contributed by atoms with Crippen LogP contribution in [-0.2, 0) is 0 Å². The van der Waals surface area contributed by atoms with Crippen molar-refractivity contribution in [2.24, 2.45) is 0 Å². The molecule has 2 aromatic rings. The van der Waals surface area contributed by atoms with Crippen molar-refractivity contribution < 1.29 is 9.26 Å². The molecule has 0 bridgehead atoms. The summed E-state index contributed by atoms with van der Waals surface area (Å²) >= 11 is 0. The van der Waals surface area contributed by atoms with Crippen LogP contribution in [0.25, 0.3) is 11.3 Å². The Hall–Kier alpha value is -1.77. The minimum atomic E-state index is 0.829. The maximum absolute atomic E-state index is 5.26. The topological polar surface area (TPSA) is 35.3 Å². The van der Waals surface area contributed by atoms with Crippen LogP contribution in [0.4, 0.5) is 0 Å². The Bertz CT molecular complexity index is 457. The van der Waals surface area contributed by atoms with E-state index in [2.05, 4.69) is 5.16 Å². The average Bonchev–Trinajstić information content (AvgIpc) is 2.60. The summed E-state index contributed by atoms with van der Waals surface area (Å²) in [6, 6.07) is 7.75. The lowest BCUT2D eigenvalue weighted by Gasteiger charge is -2.00. The van der Waals surface area contributed by atoms with Gasteiger partial charge in [0.05, 0.1) is 12.8 Å². The van der Waals surface area contributed by atoms with Gasteiger partial charge in [0.25, 0.3) is 0 Å². The Morgan fingerprint density at radius 1 is 1.13 bits per heavy atom. The minimum absolute atomic E-state index is 0.829. The number of benzene rings is 1. The molecule has 0 unspecified atom stereocenters. The molecule has 0 saturated carbocycles. The van der Waals surface area contributed by atoms with Gasteiger partial charge in [0.2, 0.25) is 0 Å². The van der Waals surface area contributed by atoms with Gasteiger partial charge in [-0.2, -0.15) is 0 Å².